The summed E-state index contributed by atoms with van der Waals surface area (Å²) in [6, 6.07) is -1.85. The number of nitrogens with zero attached hydrogens (tertiary/aromatic N) is 1. The average molecular weight is 228 g/mol. The molecule has 2 aliphatic rings. The summed E-state index contributed by atoms with van der Waals surface area (Å²) in [6.45, 7) is 0. The van der Waals surface area contributed by atoms with Gasteiger partial charge in [0.05, 0.1) is 0 Å². The van der Waals surface area contributed by atoms with Crippen molar-refractivity contribution in [2.24, 2.45) is 5.73 Å². The highest BCUT2D eigenvalue weighted by atomic mass is 32.2. The minimum atomic E-state index is -1.21. The van der Waals surface area contributed by atoms with E-state index in [-0.39, 0.29) is 10.9 Å². The van der Waals surface area contributed by atoms with Crippen LogP contribution in [-0.2, 0) is 14.4 Å². The highest BCUT2D eigenvalue weighted by molar-refractivity contribution is 8.03. The van der Waals surface area contributed by atoms with E-state index in [1.165, 1.54) is 17.2 Å². The van der Waals surface area contributed by atoms with Crippen LogP contribution in [0.25, 0.3) is 0 Å². The second-order valence-electron chi connectivity index (χ2n) is 3.27. The number of carbonyl (C=O) groups excluding carboxylic acids is 2. The lowest BCUT2D eigenvalue weighted by Crippen LogP contribution is -2.72. The summed E-state index contributed by atoms with van der Waals surface area (Å²) in [5.74, 6) is -1.63. The third-order valence-corrected chi connectivity index (χ3v) is 3.64. The van der Waals surface area contributed by atoms with Gasteiger partial charge in [-0.3, -0.25) is 9.59 Å². The van der Waals surface area contributed by atoms with Crippen LogP contribution >= 0.6 is 11.8 Å². The first-order valence-corrected chi connectivity index (χ1v) is 5.13. The summed E-state index contributed by atoms with van der Waals surface area (Å²) >= 11 is 1.20. The molecule has 2 unspecified atom stereocenters. The topological polar surface area (TPSA) is 101 Å². The minimum Gasteiger partial charge on any atom is -0.479 e. The third kappa shape index (κ3) is 1.27. The molecule has 0 bridgehead atoms. The summed E-state index contributed by atoms with van der Waals surface area (Å²) < 4.78 is 0. The Morgan fingerprint density at radius 1 is 1.67 bits per heavy atom. The second-order valence-corrected chi connectivity index (χ2v) is 4.27. The van der Waals surface area contributed by atoms with E-state index in [1.54, 1.807) is 0 Å². The van der Waals surface area contributed by atoms with Gasteiger partial charge in [0.25, 0.3) is 0 Å². The number of rotatable bonds is 2. The number of aliphatic carboxylic acids is 1. The number of carboxylic acids is 1. The number of hydrogen-bond acceptors (Lipinski definition) is 5. The number of amides is 1. The average Bonchev–Trinajstić information content (AvgIpc) is 2.25. The Balaban J connectivity index is 2.35. The lowest BCUT2D eigenvalue weighted by molar-refractivity contribution is -0.158. The third-order valence-electron chi connectivity index (χ3n) is 2.43. The molecule has 0 aromatic rings. The Morgan fingerprint density at radius 2 is 2.33 bits per heavy atom. The van der Waals surface area contributed by atoms with E-state index in [0.29, 0.717) is 6.29 Å². The molecule has 7 heteroatoms. The zero-order valence-electron chi connectivity index (χ0n) is 7.49. The zero-order valence-corrected chi connectivity index (χ0v) is 8.31. The van der Waals surface area contributed by atoms with Crippen LogP contribution in [0.15, 0.2) is 11.0 Å². The smallest absolute Gasteiger partial charge is 0.331 e. The maximum Gasteiger partial charge on any atom is 0.331 e. The molecule has 6 nitrogen and oxygen atoms in total. The fraction of sp³-hybridized carbons (Fsp3) is 0.375. The summed E-state index contributed by atoms with van der Waals surface area (Å²) in [7, 11) is 0. The molecule has 80 valence electrons. The fourth-order valence-corrected chi connectivity index (χ4v) is 2.79. The largest absolute Gasteiger partial charge is 0.479 e. The van der Waals surface area contributed by atoms with Gasteiger partial charge in [0.15, 0.2) is 6.04 Å². The van der Waals surface area contributed by atoms with Crippen molar-refractivity contribution in [3.63, 3.8) is 0 Å². The van der Waals surface area contributed by atoms with Gasteiger partial charge in [-0.15, -0.1) is 11.8 Å². The second kappa shape index (κ2) is 3.35. The van der Waals surface area contributed by atoms with Crippen LogP contribution in [0.2, 0.25) is 0 Å². The van der Waals surface area contributed by atoms with Gasteiger partial charge in [-0.25, -0.2) is 4.79 Å². The molecule has 3 atom stereocenters. The number of carboxylic acid groups (broad SMARTS) is 1. The van der Waals surface area contributed by atoms with Gasteiger partial charge in [0.2, 0.25) is 5.91 Å². The number of hydrogen-bond donors (Lipinski definition) is 2. The molecule has 2 heterocycles. The monoisotopic (exact) mass is 228 g/mol. The molecule has 0 saturated carbocycles. The number of carbonyl (C=O) groups is 3. The van der Waals surface area contributed by atoms with Crippen LogP contribution in [0.5, 0.6) is 0 Å². The number of nitrogens with two attached hydrogens (primary N) is 1. The van der Waals surface area contributed by atoms with Gasteiger partial charge in [-0.2, -0.15) is 0 Å². The minimum absolute atomic E-state index is 0.0870. The molecular weight excluding hydrogens is 220 g/mol. The van der Waals surface area contributed by atoms with Gasteiger partial charge in [-0.1, -0.05) is 0 Å². The number of β-lactam (4-membered cyclic amide) rings is 1. The Kier molecular flexibility index (Phi) is 2.28. The SMILES string of the molecule is NC1C(=O)N2C(C(=O)O)C(C=O)=CS[C@H]12. The standard InChI is InChI=1S/C8H8N2O4S/c9-4-6(12)10-5(8(13)14)3(1-11)2-15-7(4)10/h1-2,4-5,7H,9H2,(H,13,14)/t4?,5?,7-/m1/s1. The molecular formula is C8H8N2O4S. The quantitative estimate of drug-likeness (QED) is 0.453. The van der Waals surface area contributed by atoms with Gasteiger partial charge < -0.3 is 15.7 Å². The van der Waals surface area contributed by atoms with Crippen LogP contribution in [0, 0.1) is 0 Å². The maximum absolute atomic E-state index is 11.4. The predicted molar refractivity (Wildman–Crippen MR) is 51.8 cm³/mol. The fourth-order valence-electron chi connectivity index (χ4n) is 1.66. The van der Waals surface area contributed by atoms with Gasteiger partial charge >= 0.3 is 5.97 Å². The van der Waals surface area contributed by atoms with Crippen molar-refractivity contribution in [2.45, 2.75) is 17.5 Å². The number of fused-ring (bicyclic) bond motifs is 1. The molecule has 1 saturated heterocycles. The summed E-state index contributed by atoms with van der Waals surface area (Å²) in [5, 5.41) is 10.0. The lowest BCUT2D eigenvalue weighted by atomic mass is 9.99. The molecule has 15 heavy (non-hydrogen) atoms. The first-order valence-electron chi connectivity index (χ1n) is 4.19. The Morgan fingerprint density at radius 3 is 2.87 bits per heavy atom. The van der Waals surface area contributed by atoms with Gasteiger partial charge in [0.1, 0.15) is 17.7 Å². The van der Waals surface area contributed by atoms with Crippen molar-refractivity contribution in [1.82, 2.24) is 4.90 Å². The molecule has 1 fully saturated rings. The van der Waals surface area contributed by atoms with E-state index in [4.69, 9.17) is 10.8 Å². The normalized spacial score (nSPS) is 33.9. The molecule has 2 rings (SSSR count). The number of thioether (sulfide) groups is 1. The highest BCUT2D eigenvalue weighted by Gasteiger charge is 2.53. The van der Waals surface area contributed by atoms with Gasteiger partial charge in [0, 0.05) is 5.57 Å². The van der Waals surface area contributed by atoms with Crippen LogP contribution in [0.1, 0.15) is 0 Å². The van der Waals surface area contributed by atoms with E-state index in [1.807, 2.05) is 0 Å². The van der Waals surface area contributed by atoms with Gasteiger partial charge in [-0.05, 0) is 5.41 Å². The Bertz CT molecular complexity index is 381. The van der Waals surface area contributed by atoms with Crippen molar-refractivity contribution in [2.75, 3.05) is 0 Å². The molecule has 1 amide bonds. The first kappa shape index (κ1) is 10.2. The lowest BCUT2D eigenvalue weighted by Gasteiger charge is -2.49. The molecule has 0 aliphatic carbocycles. The van der Waals surface area contributed by atoms with E-state index in [9.17, 15) is 14.4 Å². The molecule has 0 aromatic heterocycles. The molecule has 0 aromatic carbocycles. The molecule has 0 spiro atoms. The van der Waals surface area contributed by atoms with E-state index in [2.05, 4.69) is 0 Å². The van der Waals surface area contributed by atoms with Crippen molar-refractivity contribution >= 4 is 29.9 Å². The van der Waals surface area contributed by atoms with Crippen LogP contribution in [-0.4, -0.2) is 45.6 Å². The summed E-state index contributed by atoms with van der Waals surface area (Å²) in [6.07, 6.45) is 0.457. The summed E-state index contributed by atoms with van der Waals surface area (Å²) in [4.78, 5) is 34.0. The first-order chi connectivity index (χ1) is 7.07. The van der Waals surface area contributed by atoms with Crippen LogP contribution < -0.4 is 5.73 Å². The summed E-state index contributed by atoms with van der Waals surface area (Å²) in [5.41, 5.74) is 5.59. The van der Waals surface area contributed by atoms with E-state index < -0.39 is 24.0 Å². The van der Waals surface area contributed by atoms with Crippen LogP contribution in [0.4, 0.5) is 0 Å². The van der Waals surface area contributed by atoms with Crippen molar-refractivity contribution in [1.29, 1.82) is 0 Å². The van der Waals surface area contributed by atoms with Crippen molar-refractivity contribution in [3.05, 3.63) is 11.0 Å². The maximum atomic E-state index is 11.4. The predicted octanol–water partition coefficient (Wildman–Crippen LogP) is -1.24. The van der Waals surface area contributed by atoms with Crippen LogP contribution in [0.3, 0.4) is 0 Å². The highest BCUT2D eigenvalue weighted by Crippen LogP contribution is 2.38. The van der Waals surface area contributed by atoms with E-state index in [0.717, 1.165) is 4.90 Å². The Labute approximate surface area is 89.1 Å². The number of aldehydes is 1. The molecule has 2 aliphatic heterocycles. The molecule has 0 radical (unpaired) electrons. The van der Waals surface area contributed by atoms with Crippen molar-refractivity contribution < 1.29 is 19.5 Å². The van der Waals surface area contributed by atoms with E-state index >= 15 is 0 Å². The van der Waals surface area contributed by atoms with Crippen molar-refractivity contribution in [3.8, 4) is 0 Å². The Hall–Kier alpha value is -1.34. The zero-order chi connectivity index (χ0) is 11.2. The molecule has 3 N–H and O–H groups in total.